The van der Waals surface area contributed by atoms with Gasteiger partial charge in [-0.2, -0.15) is 0 Å². The summed E-state index contributed by atoms with van der Waals surface area (Å²) in [7, 11) is 0. The first-order valence-corrected chi connectivity index (χ1v) is 5.88. The van der Waals surface area contributed by atoms with Crippen LogP contribution in [0.2, 0.25) is 0 Å². The van der Waals surface area contributed by atoms with Crippen LogP contribution in [-0.2, 0) is 6.54 Å². The van der Waals surface area contributed by atoms with E-state index in [0.29, 0.717) is 29.3 Å². The first kappa shape index (κ1) is 13.2. The lowest BCUT2D eigenvalue weighted by Gasteiger charge is -2.09. The molecule has 0 aliphatic rings. The van der Waals surface area contributed by atoms with Crippen LogP contribution in [-0.4, -0.2) is 9.97 Å². The van der Waals surface area contributed by atoms with Crippen molar-refractivity contribution in [2.24, 2.45) is 5.84 Å². The van der Waals surface area contributed by atoms with Crippen LogP contribution in [0.4, 0.5) is 16.0 Å². The zero-order valence-corrected chi connectivity index (χ0v) is 10.9. The zero-order chi connectivity index (χ0) is 13.8. The third-order valence-corrected chi connectivity index (χ3v) is 2.78. The summed E-state index contributed by atoms with van der Waals surface area (Å²) in [5, 5.41) is 3.14. The molecule has 0 aliphatic carbocycles. The number of hydrogen-bond acceptors (Lipinski definition) is 5. The molecule has 0 amide bonds. The van der Waals surface area contributed by atoms with Gasteiger partial charge in [-0.1, -0.05) is 12.1 Å². The number of halogens is 1. The Morgan fingerprint density at radius 2 is 1.74 bits per heavy atom. The van der Waals surface area contributed by atoms with Crippen LogP contribution in [0.1, 0.15) is 16.7 Å². The van der Waals surface area contributed by atoms with Crippen LogP contribution >= 0.6 is 0 Å². The van der Waals surface area contributed by atoms with Crippen molar-refractivity contribution in [3.8, 4) is 0 Å². The van der Waals surface area contributed by atoms with Crippen molar-refractivity contribution in [3.63, 3.8) is 0 Å². The molecule has 0 bridgehead atoms. The molecule has 2 rings (SSSR count). The summed E-state index contributed by atoms with van der Waals surface area (Å²) in [4.78, 5) is 7.99. The number of hydrazine groups is 1. The molecule has 0 saturated heterocycles. The first-order valence-electron chi connectivity index (χ1n) is 5.88. The minimum absolute atomic E-state index is 0.152. The van der Waals surface area contributed by atoms with Gasteiger partial charge in [0.15, 0.2) is 0 Å². The molecule has 0 spiro atoms. The number of nitrogens with two attached hydrogens (primary N) is 1. The van der Waals surface area contributed by atoms with Crippen LogP contribution < -0.4 is 16.6 Å². The molecule has 0 saturated carbocycles. The zero-order valence-electron chi connectivity index (χ0n) is 10.9. The lowest BCUT2D eigenvalue weighted by atomic mass is 10.1. The van der Waals surface area contributed by atoms with Gasteiger partial charge in [0.25, 0.3) is 0 Å². The lowest BCUT2D eigenvalue weighted by molar-refractivity contribution is 0.608. The molecule has 0 unspecified atom stereocenters. The highest BCUT2D eigenvalue weighted by molar-refractivity contribution is 5.46. The molecular formula is C13H16FN5. The molecule has 19 heavy (non-hydrogen) atoms. The van der Waals surface area contributed by atoms with E-state index in [2.05, 4.69) is 20.7 Å². The molecule has 6 heteroatoms. The smallest absolute Gasteiger partial charge is 0.145 e. The number of rotatable bonds is 4. The second-order valence-electron chi connectivity index (χ2n) is 4.33. The highest BCUT2D eigenvalue weighted by Crippen LogP contribution is 2.16. The van der Waals surface area contributed by atoms with E-state index in [0.717, 1.165) is 5.56 Å². The van der Waals surface area contributed by atoms with E-state index < -0.39 is 0 Å². The predicted octanol–water partition coefficient (Wildman–Crippen LogP) is 2.13. The summed E-state index contributed by atoms with van der Waals surface area (Å²) in [5.74, 6) is 6.31. The molecule has 5 nitrogen and oxygen atoms in total. The predicted molar refractivity (Wildman–Crippen MR) is 73.0 cm³/mol. The van der Waals surface area contributed by atoms with Crippen molar-refractivity contribution in [3.05, 3.63) is 47.0 Å². The number of aryl methyl sites for hydroxylation is 2. The van der Waals surface area contributed by atoms with Crippen LogP contribution in [0, 0.1) is 19.7 Å². The topological polar surface area (TPSA) is 75.9 Å². The standard InChI is InChI=1S/C13H16FN5/c1-8-3-10(4-9(2)13(8)14)6-16-11-5-12(19-15)18-7-17-11/h3-5,7H,6,15H2,1-2H3,(H2,16,17,18,19). The van der Waals surface area contributed by atoms with Crippen LogP contribution in [0.25, 0.3) is 0 Å². The van der Waals surface area contributed by atoms with Gasteiger partial charge in [-0.05, 0) is 30.5 Å². The highest BCUT2D eigenvalue weighted by atomic mass is 19.1. The Morgan fingerprint density at radius 1 is 1.11 bits per heavy atom. The largest absolute Gasteiger partial charge is 0.366 e. The lowest BCUT2D eigenvalue weighted by Crippen LogP contribution is -2.10. The van der Waals surface area contributed by atoms with Crippen LogP contribution in [0.5, 0.6) is 0 Å². The highest BCUT2D eigenvalue weighted by Gasteiger charge is 2.04. The van der Waals surface area contributed by atoms with E-state index in [4.69, 9.17) is 5.84 Å². The number of anilines is 2. The molecule has 4 N–H and O–H groups in total. The molecule has 0 aliphatic heterocycles. The molecule has 1 aromatic heterocycles. The van der Waals surface area contributed by atoms with Gasteiger partial charge in [-0.15, -0.1) is 0 Å². The Bertz CT molecular complexity index is 562. The maximum atomic E-state index is 13.5. The third kappa shape index (κ3) is 3.17. The second kappa shape index (κ2) is 5.62. The average molecular weight is 261 g/mol. The average Bonchev–Trinajstić information content (AvgIpc) is 2.42. The fraction of sp³-hybridized carbons (Fsp3) is 0.231. The van der Waals surface area contributed by atoms with E-state index in [1.54, 1.807) is 19.9 Å². The Morgan fingerprint density at radius 3 is 2.37 bits per heavy atom. The Kier molecular flexibility index (Phi) is 3.91. The van der Waals surface area contributed by atoms with E-state index in [-0.39, 0.29) is 5.82 Å². The maximum Gasteiger partial charge on any atom is 0.145 e. The molecule has 2 aromatic rings. The number of nitrogens with one attached hydrogen (secondary N) is 2. The van der Waals surface area contributed by atoms with E-state index >= 15 is 0 Å². The molecule has 1 heterocycles. The van der Waals surface area contributed by atoms with Gasteiger partial charge in [0.05, 0.1) is 0 Å². The van der Waals surface area contributed by atoms with Crippen LogP contribution in [0.15, 0.2) is 24.5 Å². The van der Waals surface area contributed by atoms with Gasteiger partial charge >= 0.3 is 0 Å². The van der Waals surface area contributed by atoms with E-state index in [9.17, 15) is 4.39 Å². The first-order chi connectivity index (χ1) is 9.10. The van der Waals surface area contributed by atoms with Crippen molar-refractivity contribution in [2.45, 2.75) is 20.4 Å². The number of hydrogen-bond donors (Lipinski definition) is 3. The van der Waals surface area contributed by atoms with Gasteiger partial charge in [0, 0.05) is 12.6 Å². The summed E-state index contributed by atoms with van der Waals surface area (Å²) >= 11 is 0. The molecule has 0 atom stereocenters. The fourth-order valence-electron chi connectivity index (χ4n) is 1.86. The normalized spacial score (nSPS) is 10.3. The Labute approximate surface area is 111 Å². The summed E-state index contributed by atoms with van der Waals surface area (Å²) in [5.41, 5.74) is 4.73. The Balaban J connectivity index is 2.10. The molecular weight excluding hydrogens is 245 g/mol. The summed E-state index contributed by atoms with van der Waals surface area (Å²) in [6.07, 6.45) is 1.42. The second-order valence-corrected chi connectivity index (χ2v) is 4.33. The number of benzene rings is 1. The fourth-order valence-corrected chi connectivity index (χ4v) is 1.86. The third-order valence-electron chi connectivity index (χ3n) is 2.78. The molecule has 0 fully saturated rings. The maximum absolute atomic E-state index is 13.5. The van der Waals surface area contributed by atoms with Gasteiger partial charge in [0.1, 0.15) is 23.8 Å². The van der Waals surface area contributed by atoms with Crippen molar-refractivity contribution >= 4 is 11.6 Å². The van der Waals surface area contributed by atoms with Gasteiger partial charge < -0.3 is 10.7 Å². The van der Waals surface area contributed by atoms with Crippen molar-refractivity contribution in [1.29, 1.82) is 0 Å². The number of aromatic nitrogens is 2. The monoisotopic (exact) mass is 261 g/mol. The van der Waals surface area contributed by atoms with Crippen LogP contribution in [0.3, 0.4) is 0 Å². The molecule has 1 aromatic carbocycles. The SMILES string of the molecule is Cc1cc(CNc2cc(NN)ncn2)cc(C)c1F. The molecule has 100 valence electrons. The van der Waals surface area contributed by atoms with Gasteiger partial charge in [-0.25, -0.2) is 20.2 Å². The van der Waals surface area contributed by atoms with Crippen molar-refractivity contribution in [2.75, 3.05) is 10.7 Å². The quantitative estimate of drug-likeness (QED) is 0.580. The van der Waals surface area contributed by atoms with Gasteiger partial charge in [-0.3, -0.25) is 0 Å². The summed E-state index contributed by atoms with van der Waals surface area (Å²) in [6, 6.07) is 5.33. The summed E-state index contributed by atoms with van der Waals surface area (Å²) in [6.45, 7) is 4.07. The minimum Gasteiger partial charge on any atom is -0.366 e. The Hall–Kier alpha value is -2.21. The van der Waals surface area contributed by atoms with E-state index in [1.165, 1.54) is 6.33 Å². The van der Waals surface area contributed by atoms with Crippen molar-refractivity contribution < 1.29 is 4.39 Å². The molecule has 0 radical (unpaired) electrons. The minimum atomic E-state index is -0.152. The number of nitrogen functional groups attached to an aromatic ring is 1. The number of nitrogens with zero attached hydrogens (tertiary/aromatic N) is 2. The van der Waals surface area contributed by atoms with Gasteiger partial charge in [0.2, 0.25) is 0 Å². The summed E-state index contributed by atoms with van der Waals surface area (Å²) < 4.78 is 13.5. The van der Waals surface area contributed by atoms with E-state index in [1.807, 2.05) is 12.1 Å². The van der Waals surface area contributed by atoms with Crippen molar-refractivity contribution in [1.82, 2.24) is 9.97 Å².